The highest BCUT2D eigenvalue weighted by molar-refractivity contribution is 7.19. The van der Waals surface area contributed by atoms with Crippen molar-refractivity contribution in [3.8, 4) is 0 Å². The predicted molar refractivity (Wildman–Crippen MR) is 80.7 cm³/mol. The van der Waals surface area contributed by atoms with Crippen molar-refractivity contribution in [2.24, 2.45) is 7.05 Å². The van der Waals surface area contributed by atoms with E-state index in [0.29, 0.717) is 0 Å². The van der Waals surface area contributed by atoms with Crippen molar-refractivity contribution in [3.05, 3.63) is 59.7 Å². The molecule has 18 heavy (non-hydrogen) atoms. The standard InChI is InChI=1S/C16H18NS/c1-5-7-13(8-6-2)16-17(4)14-10-9-12(3)11-15(14)18-16/h5-11H,1H2,2-4H3/q+1/b8-6-,13-7+. The van der Waals surface area contributed by atoms with Crippen molar-refractivity contribution in [3.63, 3.8) is 0 Å². The smallest absolute Gasteiger partial charge is 0.184 e. The molecule has 2 rings (SSSR count). The number of hydrogen-bond donors (Lipinski definition) is 0. The van der Waals surface area contributed by atoms with Crippen LogP contribution in [0.1, 0.15) is 17.5 Å². The second-order valence-corrected chi connectivity index (χ2v) is 5.33. The molecule has 0 saturated carbocycles. The summed E-state index contributed by atoms with van der Waals surface area (Å²) in [5, 5.41) is 1.26. The molecule has 0 fully saturated rings. The average molecular weight is 256 g/mol. The first-order valence-corrected chi connectivity index (χ1v) is 6.84. The normalized spacial score (nSPS) is 12.5. The fourth-order valence-corrected chi connectivity index (χ4v) is 3.27. The molecule has 0 unspecified atom stereocenters. The van der Waals surface area contributed by atoms with Gasteiger partial charge in [-0.15, -0.1) is 0 Å². The van der Waals surface area contributed by atoms with E-state index in [1.165, 1.54) is 26.4 Å². The summed E-state index contributed by atoms with van der Waals surface area (Å²) >= 11 is 1.82. The molecule has 0 spiro atoms. The van der Waals surface area contributed by atoms with Crippen molar-refractivity contribution in [2.75, 3.05) is 0 Å². The quantitative estimate of drug-likeness (QED) is 0.573. The van der Waals surface area contributed by atoms with E-state index >= 15 is 0 Å². The molecule has 0 aliphatic rings. The van der Waals surface area contributed by atoms with Crippen LogP contribution in [0.25, 0.3) is 15.8 Å². The molecular formula is C16H18NS+. The van der Waals surface area contributed by atoms with Gasteiger partial charge in [-0.3, -0.25) is 0 Å². The lowest BCUT2D eigenvalue weighted by Gasteiger charge is -1.93. The molecule has 0 bridgehead atoms. The molecular weight excluding hydrogens is 238 g/mol. The summed E-state index contributed by atoms with van der Waals surface area (Å²) in [4.78, 5) is 0. The summed E-state index contributed by atoms with van der Waals surface area (Å²) in [5.41, 5.74) is 3.78. The van der Waals surface area contributed by atoms with E-state index < -0.39 is 0 Å². The van der Waals surface area contributed by atoms with Gasteiger partial charge in [0.05, 0.1) is 5.57 Å². The van der Waals surface area contributed by atoms with Gasteiger partial charge in [-0.25, -0.2) is 0 Å². The summed E-state index contributed by atoms with van der Waals surface area (Å²) in [7, 11) is 2.12. The zero-order chi connectivity index (χ0) is 13.1. The SMILES string of the molecule is C=C/C=C(\C=C/C)c1sc2cc(C)ccc2[n+]1C. The topological polar surface area (TPSA) is 3.88 Å². The third kappa shape index (κ3) is 2.29. The van der Waals surface area contributed by atoms with Crippen LogP contribution in [0.4, 0.5) is 0 Å². The van der Waals surface area contributed by atoms with Gasteiger partial charge in [-0.05, 0) is 31.6 Å². The molecule has 1 nitrogen and oxygen atoms in total. The van der Waals surface area contributed by atoms with Gasteiger partial charge in [0.1, 0.15) is 11.7 Å². The van der Waals surface area contributed by atoms with Gasteiger partial charge in [0.15, 0.2) is 0 Å². The number of aryl methyl sites for hydroxylation is 2. The van der Waals surface area contributed by atoms with Crippen LogP contribution in [0, 0.1) is 6.92 Å². The number of aromatic nitrogens is 1. The Balaban J connectivity index is 2.67. The monoisotopic (exact) mass is 256 g/mol. The summed E-state index contributed by atoms with van der Waals surface area (Å²) in [6.07, 6.45) is 8.08. The number of nitrogens with zero attached hydrogens (tertiary/aromatic N) is 1. The lowest BCUT2D eigenvalue weighted by atomic mass is 10.2. The summed E-state index contributed by atoms with van der Waals surface area (Å²) in [6, 6.07) is 6.59. The second kappa shape index (κ2) is 5.32. The minimum Gasteiger partial charge on any atom is -0.184 e. The Morgan fingerprint density at radius 3 is 2.83 bits per heavy atom. The Kier molecular flexibility index (Phi) is 3.78. The zero-order valence-electron chi connectivity index (χ0n) is 11.1. The van der Waals surface area contributed by atoms with Crippen LogP contribution in [0.3, 0.4) is 0 Å². The zero-order valence-corrected chi connectivity index (χ0v) is 11.9. The van der Waals surface area contributed by atoms with Crippen LogP contribution in [0.5, 0.6) is 0 Å². The Morgan fingerprint density at radius 1 is 1.39 bits per heavy atom. The minimum atomic E-state index is 1.20. The highest BCUT2D eigenvalue weighted by atomic mass is 32.1. The van der Waals surface area contributed by atoms with Crippen molar-refractivity contribution in [2.45, 2.75) is 13.8 Å². The van der Waals surface area contributed by atoms with Gasteiger partial charge in [-0.2, -0.15) is 4.57 Å². The van der Waals surface area contributed by atoms with Crippen LogP contribution in [-0.4, -0.2) is 0 Å². The largest absolute Gasteiger partial charge is 0.269 e. The Bertz CT molecular complexity index is 644. The second-order valence-electron chi connectivity index (χ2n) is 4.30. The molecule has 0 radical (unpaired) electrons. The van der Waals surface area contributed by atoms with E-state index in [9.17, 15) is 0 Å². The van der Waals surface area contributed by atoms with Crippen LogP contribution in [0.2, 0.25) is 0 Å². The number of rotatable bonds is 3. The lowest BCUT2D eigenvalue weighted by Crippen LogP contribution is -2.30. The summed E-state index contributed by atoms with van der Waals surface area (Å²) < 4.78 is 3.57. The number of fused-ring (bicyclic) bond motifs is 1. The van der Waals surface area contributed by atoms with Gasteiger partial charge < -0.3 is 0 Å². The molecule has 1 heterocycles. The lowest BCUT2D eigenvalue weighted by molar-refractivity contribution is -0.642. The van der Waals surface area contributed by atoms with E-state index in [2.05, 4.69) is 61.5 Å². The maximum Gasteiger partial charge on any atom is 0.269 e. The van der Waals surface area contributed by atoms with E-state index in [-0.39, 0.29) is 0 Å². The molecule has 0 amide bonds. The number of allylic oxidation sites excluding steroid dienone is 5. The molecule has 0 atom stereocenters. The van der Waals surface area contributed by atoms with E-state index in [1.807, 2.05) is 24.3 Å². The van der Waals surface area contributed by atoms with E-state index in [1.54, 1.807) is 0 Å². The van der Waals surface area contributed by atoms with Gasteiger partial charge in [-0.1, -0.05) is 42.2 Å². The van der Waals surface area contributed by atoms with Crippen LogP contribution < -0.4 is 4.57 Å². The van der Waals surface area contributed by atoms with Crippen molar-refractivity contribution >= 4 is 27.1 Å². The third-order valence-corrected chi connectivity index (χ3v) is 4.13. The maximum atomic E-state index is 3.79. The Hall–Kier alpha value is -1.67. The van der Waals surface area contributed by atoms with E-state index in [0.717, 1.165) is 0 Å². The first-order chi connectivity index (χ1) is 8.67. The Labute approximate surface area is 112 Å². The van der Waals surface area contributed by atoms with Crippen LogP contribution in [0.15, 0.2) is 49.1 Å². The van der Waals surface area contributed by atoms with Crippen molar-refractivity contribution < 1.29 is 4.57 Å². The van der Waals surface area contributed by atoms with Crippen molar-refractivity contribution in [1.29, 1.82) is 0 Å². The molecule has 0 N–H and O–H groups in total. The fourth-order valence-electron chi connectivity index (χ4n) is 2.02. The highest BCUT2D eigenvalue weighted by Gasteiger charge is 2.18. The van der Waals surface area contributed by atoms with Crippen LogP contribution in [-0.2, 0) is 7.05 Å². The minimum absolute atomic E-state index is 1.20. The molecule has 0 saturated heterocycles. The number of hydrogen-bond acceptors (Lipinski definition) is 1. The summed E-state index contributed by atoms with van der Waals surface area (Å²) in [6.45, 7) is 7.96. The predicted octanol–water partition coefficient (Wildman–Crippen LogP) is 4.18. The first-order valence-electron chi connectivity index (χ1n) is 6.02. The number of thiazole rings is 1. The molecule has 1 aromatic carbocycles. The van der Waals surface area contributed by atoms with Crippen molar-refractivity contribution in [1.82, 2.24) is 0 Å². The van der Waals surface area contributed by atoms with Gasteiger partial charge in [0.25, 0.3) is 5.01 Å². The molecule has 2 heteroatoms. The first kappa shape index (κ1) is 12.8. The fraction of sp³-hybridized carbons (Fsp3) is 0.188. The van der Waals surface area contributed by atoms with Gasteiger partial charge in [0, 0.05) is 6.07 Å². The molecule has 2 aromatic rings. The van der Waals surface area contributed by atoms with E-state index in [4.69, 9.17) is 0 Å². The Morgan fingerprint density at radius 2 is 2.17 bits per heavy atom. The molecule has 92 valence electrons. The number of benzene rings is 1. The molecule has 0 aliphatic carbocycles. The average Bonchev–Trinajstić information content (AvgIpc) is 2.66. The van der Waals surface area contributed by atoms with Gasteiger partial charge in [0.2, 0.25) is 5.52 Å². The molecule has 0 aliphatic heterocycles. The van der Waals surface area contributed by atoms with Gasteiger partial charge >= 0.3 is 0 Å². The summed E-state index contributed by atoms with van der Waals surface area (Å²) in [5.74, 6) is 0. The third-order valence-electron chi connectivity index (χ3n) is 2.88. The maximum absolute atomic E-state index is 3.79. The molecule has 1 aromatic heterocycles. The highest BCUT2D eigenvalue weighted by Crippen LogP contribution is 2.26. The van der Waals surface area contributed by atoms with Crippen LogP contribution >= 0.6 is 11.3 Å².